The van der Waals surface area contributed by atoms with Crippen molar-refractivity contribution in [3.63, 3.8) is 0 Å². The maximum Gasteiger partial charge on any atom is 0.305 e. The fourth-order valence-corrected chi connectivity index (χ4v) is 3.99. The van der Waals surface area contributed by atoms with Gasteiger partial charge in [0.25, 0.3) is 10.1 Å². The van der Waals surface area contributed by atoms with Crippen molar-refractivity contribution >= 4 is 16.1 Å². The van der Waals surface area contributed by atoms with E-state index in [1.54, 1.807) is 6.08 Å². The molecule has 0 unspecified atom stereocenters. The van der Waals surface area contributed by atoms with E-state index in [0.29, 0.717) is 19.4 Å². The van der Waals surface area contributed by atoms with Crippen LogP contribution in [0.3, 0.4) is 0 Å². The molecule has 5 nitrogen and oxygen atoms in total. The first-order chi connectivity index (χ1) is 13.9. The fraction of sp³-hybridized carbons (Fsp3) is 0.870. The molecule has 1 atom stereocenters. The molecule has 172 valence electrons. The van der Waals surface area contributed by atoms with Gasteiger partial charge in [0.15, 0.2) is 0 Å². The molecule has 0 saturated carbocycles. The predicted molar refractivity (Wildman–Crippen MR) is 121 cm³/mol. The van der Waals surface area contributed by atoms with Crippen molar-refractivity contribution in [2.45, 2.75) is 122 Å². The Labute approximate surface area is 179 Å². The Kier molecular flexibility index (Phi) is 18.5. The Morgan fingerprint density at radius 2 is 1.45 bits per heavy atom. The zero-order valence-corrected chi connectivity index (χ0v) is 19.6. The lowest BCUT2D eigenvalue weighted by Gasteiger charge is -2.09. The van der Waals surface area contributed by atoms with E-state index in [1.807, 2.05) is 6.08 Å². The summed E-state index contributed by atoms with van der Waals surface area (Å²) in [5, 5.41) is -0.771. The van der Waals surface area contributed by atoms with E-state index in [-0.39, 0.29) is 5.97 Å². The average molecular weight is 433 g/mol. The van der Waals surface area contributed by atoms with Crippen LogP contribution in [0, 0.1) is 0 Å². The number of rotatable bonds is 20. The second-order valence-electron chi connectivity index (χ2n) is 7.92. The minimum atomic E-state index is -4.01. The molecule has 0 amide bonds. The Morgan fingerprint density at radius 3 is 2.14 bits per heavy atom. The van der Waals surface area contributed by atoms with E-state index in [2.05, 4.69) is 13.8 Å². The number of allylic oxidation sites excluding steroid dienone is 1. The molecule has 0 aromatic carbocycles. The zero-order chi connectivity index (χ0) is 21.8. The van der Waals surface area contributed by atoms with E-state index < -0.39 is 15.4 Å². The number of carbonyl (C=O) groups excluding carboxylic acids is 1. The highest BCUT2D eigenvalue weighted by Gasteiger charge is 2.18. The summed E-state index contributed by atoms with van der Waals surface area (Å²) in [5.74, 6) is -0.0880. The molecule has 0 radical (unpaired) electrons. The molecule has 0 spiro atoms. The van der Waals surface area contributed by atoms with Crippen molar-refractivity contribution in [2.75, 3.05) is 6.61 Å². The van der Waals surface area contributed by atoms with Gasteiger partial charge >= 0.3 is 5.97 Å². The van der Waals surface area contributed by atoms with Gasteiger partial charge in [-0.15, -0.1) is 0 Å². The van der Waals surface area contributed by atoms with E-state index in [9.17, 15) is 17.8 Å². The predicted octanol–water partition coefficient (Wildman–Crippen LogP) is 6.62. The van der Waals surface area contributed by atoms with Gasteiger partial charge in [0, 0.05) is 6.42 Å². The van der Waals surface area contributed by atoms with Crippen LogP contribution in [-0.2, 0) is 19.6 Å². The van der Waals surface area contributed by atoms with Crippen molar-refractivity contribution in [1.82, 2.24) is 0 Å². The van der Waals surface area contributed by atoms with Crippen LogP contribution >= 0.6 is 0 Å². The van der Waals surface area contributed by atoms with Crippen LogP contribution in [0.5, 0.6) is 0 Å². The number of unbranched alkanes of at least 4 members (excludes halogenated alkanes) is 11. The third kappa shape index (κ3) is 18.9. The molecule has 0 aliphatic carbocycles. The summed E-state index contributed by atoms with van der Waals surface area (Å²) < 4.78 is 37.6. The van der Waals surface area contributed by atoms with E-state index >= 15 is 0 Å². The van der Waals surface area contributed by atoms with Gasteiger partial charge in [0.05, 0.1) is 6.61 Å². The lowest BCUT2D eigenvalue weighted by Crippen LogP contribution is -2.17. The topological polar surface area (TPSA) is 80.7 Å². The maximum atomic E-state index is 11.6. The molecule has 0 rings (SSSR count). The summed E-state index contributed by atoms with van der Waals surface area (Å²) >= 11 is 0. The molecular formula is C23H44O5S. The quantitative estimate of drug-likeness (QED) is 0.101. The molecular weight excluding hydrogens is 388 g/mol. The van der Waals surface area contributed by atoms with Crippen LogP contribution in [0.25, 0.3) is 0 Å². The van der Waals surface area contributed by atoms with Crippen LogP contribution in [0.1, 0.15) is 117 Å². The lowest BCUT2D eigenvalue weighted by molar-refractivity contribution is -0.143. The molecule has 6 heteroatoms. The maximum absolute atomic E-state index is 11.6. The largest absolute Gasteiger partial charge is 0.466 e. The lowest BCUT2D eigenvalue weighted by atomic mass is 10.1. The Morgan fingerprint density at radius 1 is 0.862 bits per heavy atom. The summed E-state index contributed by atoms with van der Waals surface area (Å²) in [4.78, 5) is 11.6. The molecule has 0 heterocycles. The Bertz CT molecular complexity index is 513. The SMILES string of the molecule is CCCCCCC[C@@H](/C=C/CCCCCCCC(=O)OCCCCC)S(=O)(=O)O. The Balaban J connectivity index is 3.76. The molecule has 0 bridgehead atoms. The molecule has 0 saturated heterocycles. The van der Waals surface area contributed by atoms with Crippen LogP contribution in [0.4, 0.5) is 0 Å². The number of ether oxygens (including phenoxy) is 1. The molecule has 1 N–H and O–H groups in total. The smallest absolute Gasteiger partial charge is 0.305 e. The summed E-state index contributed by atoms with van der Waals surface area (Å²) in [5.41, 5.74) is 0. The monoisotopic (exact) mass is 432 g/mol. The van der Waals surface area contributed by atoms with Crippen LogP contribution < -0.4 is 0 Å². The van der Waals surface area contributed by atoms with Crippen molar-refractivity contribution in [3.05, 3.63) is 12.2 Å². The van der Waals surface area contributed by atoms with Gasteiger partial charge in [-0.1, -0.05) is 90.2 Å². The first-order valence-corrected chi connectivity index (χ1v) is 13.2. The van der Waals surface area contributed by atoms with Crippen LogP contribution in [-0.4, -0.2) is 30.8 Å². The van der Waals surface area contributed by atoms with Crippen LogP contribution in [0.2, 0.25) is 0 Å². The highest BCUT2D eigenvalue weighted by Crippen LogP contribution is 2.15. The molecule has 0 aliphatic heterocycles. The van der Waals surface area contributed by atoms with Gasteiger partial charge in [-0.25, -0.2) is 0 Å². The first kappa shape index (κ1) is 28.1. The molecule has 0 aliphatic rings. The van der Waals surface area contributed by atoms with Gasteiger partial charge in [0.1, 0.15) is 5.25 Å². The summed E-state index contributed by atoms with van der Waals surface area (Å²) in [6, 6.07) is 0. The second kappa shape index (κ2) is 19.1. The second-order valence-corrected chi connectivity index (χ2v) is 9.55. The minimum absolute atomic E-state index is 0.0880. The van der Waals surface area contributed by atoms with E-state index in [1.165, 1.54) is 6.42 Å². The Hall–Kier alpha value is -0.880. The van der Waals surface area contributed by atoms with Crippen LogP contribution in [0.15, 0.2) is 12.2 Å². The molecule has 0 fully saturated rings. The molecule has 0 aromatic rings. The normalized spacial score (nSPS) is 13.1. The molecule has 0 aromatic heterocycles. The summed E-state index contributed by atoms with van der Waals surface area (Å²) in [6.45, 7) is 4.82. The summed E-state index contributed by atoms with van der Waals surface area (Å²) in [6.07, 6.45) is 18.8. The zero-order valence-electron chi connectivity index (χ0n) is 18.7. The van der Waals surface area contributed by atoms with Gasteiger partial charge in [-0.3, -0.25) is 9.35 Å². The minimum Gasteiger partial charge on any atom is -0.466 e. The van der Waals surface area contributed by atoms with Gasteiger partial charge < -0.3 is 4.74 Å². The standard InChI is InChI=1S/C23H44O5S/c1-3-5-7-11-14-18-22(29(25,26)27)19-15-12-9-8-10-13-16-20-23(24)28-21-17-6-4-2/h15,19,22H,3-14,16-18,20-21H2,1-2H3,(H,25,26,27)/b19-15+/t22-/m0/s1. The van der Waals surface area contributed by atoms with Crippen molar-refractivity contribution < 1.29 is 22.5 Å². The van der Waals surface area contributed by atoms with E-state index in [0.717, 1.165) is 83.5 Å². The van der Waals surface area contributed by atoms with E-state index in [4.69, 9.17) is 4.74 Å². The van der Waals surface area contributed by atoms with Gasteiger partial charge in [-0.05, 0) is 32.1 Å². The highest BCUT2D eigenvalue weighted by molar-refractivity contribution is 7.86. The van der Waals surface area contributed by atoms with Crippen molar-refractivity contribution in [1.29, 1.82) is 0 Å². The fourth-order valence-electron chi connectivity index (χ4n) is 3.21. The number of hydrogen-bond donors (Lipinski definition) is 1. The summed E-state index contributed by atoms with van der Waals surface area (Å²) in [7, 11) is -4.01. The molecule has 29 heavy (non-hydrogen) atoms. The third-order valence-electron chi connectivity index (χ3n) is 5.09. The number of esters is 1. The third-order valence-corrected chi connectivity index (χ3v) is 6.25. The highest BCUT2D eigenvalue weighted by atomic mass is 32.2. The van der Waals surface area contributed by atoms with Gasteiger partial charge in [-0.2, -0.15) is 8.42 Å². The number of carbonyl (C=O) groups is 1. The van der Waals surface area contributed by atoms with Crippen molar-refractivity contribution in [3.8, 4) is 0 Å². The number of hydrogen-bond acceptors (Lipinski definition) is 4. The first-order valence-electron chi connectivity index (χ1n) is 11.7. The van der Waals surface area contributed by atoms with Crippen molar-refractivity contribution in [2.24, 2.45) is 0 Å². The van der Waals surface area contributed by atoms with Gasteiger partial charge in [0.2, 0.25) is 0 Å². The average Bonchev–Trinajstić information content (AvgIpc) is 2.67.